The molecule has 0 aliphatic carbocycles. The van der Waals surface area contributed by atoms with Gasteiger partial charge < -0.3 is 10.1 Å². The molecule has 0 bridgehead atoms. The highest BCUT2D eigenvalue weighted by atomic mass is 16.5. The Morgan fingerprint density at radius 1 is 1.25 bits per heavy atom. The number of rotatable bonds is 5. The van der Waals surface area contributed by atoms with Crippen LogP contribution in [-0.2, 0) is 4.74 Å². The molecular weight excluding hydrogens is 250 g/mol. The van der Waals surface area contributed by atoms with Crippen LogP contribution in [0.1, 0.15) is 31.0 Å². The zero-order valence-electron chi connectivity index (χ0n) is 12.3. The minimum Gasteiger partial charge on any atom is -0.379 e. The molecule has 4 heteroatoms. The minimum absolute atomic E-state index is 0.291. The highest BCUT2D eigenvalue weighted by Crippen LogP contribution is 2.14. The summed E-state index contributed by atoms with van der Waals surface area (Å²) in [6.45, 7) is 9.17. The van der Waals surface area contributed by atoms with Gasteiger partial charge in [0.15, 0.2) is 0 Å². The summed E-state index contributed by atoms with van der Waals surface area (Å²) in [5, 5.41) is 12.4. The molecule has 4 nitrogen and oxygen atoms in total. The van der Waals surface area contributed by atoms with Gasteiger partial charge in [0.05, 0.1) is 24.8 Å². The summed E-state index contributed by atoms with van der Waals surface area (Å²) >= 11 is 0. The smallest absolute Gasteiger partial charge is 0.0991 e. The van der Waals surface area contributed by atoms with E-state index in [2.05, 4.69) is 30.1 Å². The van der Waals surface area contributed by atoms with Crippen molar-refractivity contribution in [1.82, 2.24) is 10.2 Å². The number of hydrogen-bond acceptors (Lipinski definition) is 4. The molecule has 1 aliphatic rings. The molecule has 2 rings (SSSR count). The van der Waals surface area contributed by atoms with Crippen LogP contribution in [0.3, 0.4) is 0 Å². The molecule has 1 heterocycles. The van der Waals surface area contributed by atoms with Crippen LogP contribution >= 0.6 is 0 Å². The maximum atomic E-state index is 8.81. The predicted molar refractivity (Wildman–Crippen MR) is 79.4 cm³/mol. The third kappa shape index (κ3) is 4.31. The van der Waals surface area contributed by atoms with Gasteiger partial charge in [-0.15, -0.1) is 0 Å². The summed E-state index contributed by atoms with van der Waals surface area (Å²) in [7, 11) is 0. The van der Waals surface area contributed by atoms with E-state index >= 15 is 0 Å². The van der Waals surface area contributed by atoms with Crippen LogP contribution in [0.25, 0.3) is 0 Å². The second kappa shape index (κ2) is 7.39. The van der Waals surface area contributed by atoms with Gasteiger partial charge in [-0.2, -0.15) is 5.26 Å². The number of hydrogen-bond donors (Lipinski definition) is 1. The van der Waals surface area contributed by atoms with Crippen LogP contribution in [0.15, 0.2) is 24.3 Å². The third-order valence-electron chi connectivity index (χ3n) is 3.71. The number of ether oxygens (including phenoxy) is 1. The Kier molecular flexibility index (Phi) is 5.54. The number of benzene rings is 1. The van der Waals surface area contributed by atoms with E-state index in [1.165, 1.54) is 5.56 Å². The molecule has 0 amide bonds. The number of nitrogens with one attached hydrogen (secondary N) is 1. The van der Waals surface area contributed by atoms with E-state index in [1.807, 2.05) is 24.3 Å². The summed E-state index contributed by atoms with van der Waals surface area (Å²) in [5.41, 5.74) is 1.93. The Morgan fingerprint density at radius 3 is 2.50 bits per heavy atom. The van der Waals surface area contributed by atoms with Crippen LogP contribution in [0.4, 0.5) is 0 Å². The first-order chi connectivity index (χ1) is 9.69. The molecule has 1 aliphatic heterocycles. The summed E-state index contributed by atoms with van der Waals surface area (Å²) in [4.78, 5) is 2.44. The molecule has 1 fully saturated rings. The molecule has 0 spiro atoms. The van der Waals surface area contributed by atoms with E-state index in [9.17, 15) is 0 Å². The van der Waals surface area contributed by atoms with Crippen LogP contribution in [0.5, 0.6) is 0 Å². The quantitative estimate of drug-likeness (QED) is 0.890. The molecule has 2 unspecified atom stereocenters. The lowest BCUT2D eigenvalue weighted by Gasteiger charge is -2.30. The fraction of sp³-hybridized carbons (Fsp3) is 0.562. The van der Waals surface area contributed by atoms with E-state index in [1.54, 1.807) is 0 Å². The van der Waals surface area contributed by atoms with E-state index in [4.69, 9.17) is 10.00 Å². The van der Waals surface area contributed by atoms with Gasteiger partial charge in [-0.25, -0.2) is 0 Å². The molecular formula is C16H23N3O. The highest BCUT2D eigenvalue weighted by Gasteiger charge is 2.15. The molecule has 0 aromatic heterocycles. The van der Waals surface area contributed by atoms with Crippen molar-refractivity contribution in [2.75, 3.05) is 32.8 Å². The van der Waals surface area contributed by atoms with Gasteiger partial charge in [-0.1, -0.05) is 12.1 Å². The van der Waals surface area contributed by atoms with E-state index in [0.717, 1.165) is 32.8 Å². The van der Waals surface area contributed by atoms with Gasteiger partial charge in [0, 0.05) is 31.7 Å². The summed E-state index contributed by atoms with van der Waals surface area (Å²) in [5.74, 6) is 0. The summed E-state index contributed by atoms with van der Waals surface area (Å²) in [6, 6.07) is 10.7. The first kappa shape index (κ1) is 15.0. The molecule has 1 saturated heterocycles. The van der Waals surface area contributed by atoms with E-state index < -0.39 is 0 Å². The van der Waals surface area contributed by atoms with Gasteiger partial charge in [0.2, 0.25) is 0 Å². The molecule has 2 atom stereocenters. The second-order valence-corrected chi connectivity index (χ2v) is 5.44. The largest absolute Gasteiger partial charge is 0.379 e. The molecule has 0 radical (unpaired) electrons. The number of morpholine rings is 1. The topological polar surface area (TPSA) is 48.3 Å². The van der Waals surface area contributed by atoms with Gasteiger partial charge in [0.25, 0.3) is 0 Å². The zero-order valence-corrected chi connectivity index (χ0v) is 12.3. The third-order valence-corrected chi connectivity index (χ3v) is 3.71. The Balaban J connectivity index is 1.83. The fourth-order valence-corrected chi connectivity index (χ4v) is 2.59. The van der Waals surface area contributed by atoms with Gasteiger partial charge >= 0.3 is 0 Å². The average molecular weight is 273 g/mol. The lowest BCUT2D eigenvalue weighted by molar-refractivity contribution is 0.0339. The average Bonchev–Trinajstić information content (AvgIpc) is 2.48. The van der Waals surface area contributed by atoms with Crippen molar-refractivity contribution in [3.05, 3.63) is 35.4 Å². The normalized spacial score (nSPS) is 19.2. The second-order valence-electron chi connectivity index (χ2n) is 5.44. The molecule has 1 N–H and O–H groups in total. The van der Waals surface area contributed by atoms with Crippen molar-refractivity contribution in [3.63, 3.8) is 0 Å². The summed E-state index contributed by atoms with van der Waals surface area (Å²) in [6.07, 6.45) is 0. The monoisotopic (exact) mass is 273 g/mol. The van der Waals surface area contributed by atoms with Gasteiger partial charge in [0.1, 0.15) is 0 Å². The van der Waals surface area contributed by atoms with Crippen LogP contribution < -0.4 is 5.32 Å². The molecule has 1 aromatic rings. The van der Waals surface area contributed by atoms with Crippen molar-refractivity contribution < 1.29 is 4.74 Å². The Bertz CT molecular complexity index is 446. The molecule has 0 saturated carbocycles. The van der Waals surface area contributed by atoms with Crippen LogP contribution in [0.2, 0.25) is 0 Å². The van der Waals surface area contributed by atoms with E-state index in [-0.39, 0.29) is 0 Å². The fourth-order valence-electron chi connectivity index (χ4n) is 2.59. The molecule has 1 aromatic carbocycles. The van der Waals surface area contributed by atoms with Crippen molar-refractivity contribution in [2.24, 2.45) is 0 Å². The SMILES string of the molecule is CC(CN1CCOCC1)NC(C)c1ccc(C#N)cc1. The Labute approximate surface area is 121 Å². The highest BCUT2D eigenvalue weighted by molar-refractivity contribution is 5.32. The maximum absolute atomic E-state index is 8.81. The Hall–Kier alpha value is -1.41. The lowest BCUT2D eigenvalue weighted by atomic mass is 10.1. The van der Waals surface area contributed by atoms with Crippen molar-refractivity contribution in [1.29, 1.82) is 5.26 Å². The van der Waals surface area contributed by atoms with Gasteiger partial charge in [-0.3, -0.25) is 4.90 Å². The standard InChI is InChI=1S/C16H23N3O/c1-13(12-19-7-9-20-10-8-19)18-14(2)16-5-3-15(11-17)4-6-16/h3-6,13-14,18H,7-10,12H2,1-2H3. The molecule has 108 valence electrons. The maximum Gasteiger partial charge on any atom is 0.0991 e. The van der Waals surface area contributed by atoms with Crippen molar-refractivity contribution in [2.45, 2.75) is 25.9 Å². The van der Waals surface area contributed by atoms with Crippen LogP contribution in [-0.4, -0.2) is 43.8 Å². The van der Waals surface area contributed by atoms with Crippen molar-refractivity contribution in [3.8, 4) is 6.07 Å². The Morgan fingerprint density at radius 2 is 1.90 bits per heavy atom. The summed E-state index contributed by atoms with van der Waals surface area (Å²) < 4.78 is 5.37. The number of nitrogens with zero attached hydrogens (tertiary/aromatic N) is 2. The lowest BCUT2D eigenvalue weighted by Crippen LogP contribution is -2.44. The number of nitriles is 1. The molecule has 20 heavy (non-hydrogen) atoms. The first-order valence-corrected chi connectivity index (χ1v) is 7.25. The van der Waals surface area contributed by atoms with Crippen molar-refractivity contribution >= 4 is 0 Å². The van der Waals surface area contributed by atoms with E-state index in [0.29, 0.717) is 17.6 Å². The van der Waals surface area contributed by atoms with Crippen LogP contribution in [0, 0.1) is 11.3 Å². The minimum atomic E-state index is 0.291. The van der Waals surface area contributed by atoms with Gasteiger partial charge in [-0.05, 0) is 31.5 Å². The zero-order chi connectivity index (χ0) is 14.4. The first-order valence-electron chi connectivity index (χ1n) is 7.25. The predicted octanol–water partition coefficient (Wildman–Crippen LogP) is 1.93.